The molecule has 3 aromatic rings. The number of anilines is 1. The summed E-state index contributed by atoms with van der Waals surface area (Å²) in [7, 11) is 4.95. The van der Waals surface area contributed by atoms with Crippen molar-refractivity contribution in [2.24, 2.45) is 4.99 Å². The van der Waals surface area contributed by atoms with Gasteiger partial charge in [0.05, 0.1) is 27.4 Å². The second kappa shape index (κ2) is 12.0. The number of halogens is 1. The molecule has 31 heavy (non-hydrogen) atoms. The van der Waals surface area contributed by atoms with Gasteiger partial charge >= 0.3 is 0 Å². The summed E-state index contributed by atoms with van der Waals surface area (Å²) < 4.78 is 16.1. The molecule has 0 aliphatic heterocycles. The highest BCUT2D eigenvalue weighted by Gasteiger charge is 2.09. The molecular formula is C21H27IN6O3. The van der Waals surface area contributed by atoms with Gasteiger partial charge in [-0.2, -0.15) is 5.10 Å². The van der Waals surface area contributed by atoms with E-state index in [-0.39, 0.29) is 24.0 Å². The Balaban J connectivity index is 0.00000341. The van der Waals surface area contributed by atoms with Crippen LogP contribution in [0.3, 0.4) is 0 Å². The van der Waals surface area contributed by atoms with Gasteiger partial charge in [0.2, 0.25) is 0 Å². The Hall–Kier alpha value is -3.02. The number of methoxy groups -OCH3 is 2. The van der Waals surface area contributed by atoms with E-state index in [4.69, 9.17) is 14.2 Å². The SMILES string of the molecule is CCOc1cc(NC(=NC)NCc2nc(-c3ccc(OC)cc3)n[nH]2)ccc1OC.I. The van der Waals surface area contributed by atoms with Crippen molar-refractivity contribution in [2.45, 2.75) is 13.5 Å². The van der Waals surface area contributed by atoms with Crippen LogP contribution in [0.15, 0.2) is 47.5 Å². The topological polar surface area (TPSA) is 106 Å². The van der Waals surface area contributed by atoms with E-state index >= 15 is 0 Å². The Morgan fingerprint density at radius 2 is 1.84 bits per heavy atom. The van der Waals surface area contributed by atoms with Crippen molar-refractivity contribution in [1.29, 1.82) is 0 Å². The quantitative estimate of drug-likeness (QED) is 0.228. The summed E-state index contributed by atoms with van der Waals surface area (Å²) in [6, 6.07) is 13.2. The second-order valence-corrected chi connectivity index (χ2v) is 6.18. The van der Waals surface area contributed by atoms with Gasteiger partial charge in [-0.3, -0.25) is 10.1 Å². The first kappa shape index (κ1) is 24.3. The molecule has 0 bridgehead atoms. The molecule has 1 heterocycles. The molecule has 0 spiro atoms. The van der Waals surface area contributed by atoms with Gasteiger partial charge in [0.25, 0.3) is 0 Å². The molecule has 10 heteroatoms. The predicted octanol–water partition coefficient (Wildman–Crippen LogP) is 3.69. The standard InChI is InChI=1S/C21H26N6O3.HI/c1-5-30-18-12-15(8-11-17(18)29-4)24-21(22-2)23-13-19-25-20(27-26-19)14-6-9-16(28-3)10-7-14;/h6-12H,5,13H2,1-4H3,(H2,22,23,24)(H,25,26,27);1H. The second-order valence-electron chi connectivity index (χ2n) is 6.18. The van der Waals surface area contributed by atoms with Crippen LogP contribution in [0.1, 0.15) is 12.7 Å². The zero-order chi connectivity index (χ0) is 21.3. The third-order valence-corrected chi connectivity index (χ3v) is 4.25. The number of aliphatic imine (C=N–C) groups is 1. The Kier molecular flexibility index (Phi) is 9.38. The highest BCUT2D eigenvalue weighted by atomic mass is 127. The van der Waals surface area contributed by atoms with Crippen molar-refractivity contribution in [2.75, 3.05) is 33.2 Å². The van der Waals surface area contributed by atoms with Gasteiger partial charge in [-0.05, 0) is 43.3 Å². The van der Waals surface area contributed by atoms with E-state index in [1.807, 2.05) is 49.4 Å². The number of nitrogens with one attached hydrogen (secondary N) is 3. The van der Waals surface area contributed by atoms with Crippen molar-refractivity contribution in [3.63, 3.8) is 0 Å². The van der Waals surface area contributed by atoms with E-state index in [0.29, 0.717) is 42.3 Å². The molecule has 0 amide bonds. The summed E-state index contributed by atoms with van der Waals surface area (Å²) in [6.07, 6.45) is 0. The average Bonchev–Trinajstić information content (AvgIpc) is 3.26. The summed E-state index contributed by atoms with van der Waals surface area (Å²) in [5.41, 5.74) is 1.73. The van der Waals surface area contributed by atoms with Gasteiger partial charge in [0, 0.05) is 24.4 Å². The van der Waals surface area contributed by atoms with Gasteiger partial charge in [-0.15, -0.1) is 24.0 Å². The Bertz CT molecular complexity index is 991. The molecule has 1 aromatic heterocycles. The Morgan fingerprint density at radius 3 is 2.48 bits per heavy atom. The molecule has 0 saturated carbocycles. The lowest BCUT2D eigenvalue weighted by molar-refractivity contribution is 0.311. The number of nitrogens with zero attached hydrogens (tertiary/aromatic N) is 3. The van der Waals surface area contributed by atoms with Crippen LogP contribution in [-0.4, -0.2) is 49.0 Å². The van der Waals surface area contributed by atoms with E-state index in [1.54, 1.807) is 21.3 Å². The highest BCUT2D eigenvalue weighted by molar-refractivity contribution is 14.0. The van der Waals surface area contributed by atoms with Gasteiger partial charge in [0.15, 0.2) is 23.3 Å². The first-order valence-electron chi connectivity index (χ1n) is 9.51. The summed E-state index contributed by atoms with van der Waals surface area (Å²) in [6.45, 7) is 2.91. The lowest BCUT2D eigenvalue weighted by Crippen LogP contribution is -2.30. The van der Waals surface area contributed by atoms with Crippen LogP contribution >= 0.6 is 24.0 Å². The zero-order valence-electron chi connectivity index (χ0n) is 17.9. The highest BCUT2D eigenvalue weighted by Crippen LogP contribution is 2.30. The van der Waals surface area contributed by atoms with Crippen molar-refractivity contribution >= 4 is 35.6 Å². The number of guanidine groups is 1. The molecule has 3 rings (SSSR count). The fourth-order valence-corrected chi connectivity index (χ4v) is 2.75. The van der Waals surface area contributed by atoms with Crippen molar-refractivity contribution in [3.05, 3.63) is 48.3 Å². The maximum Gasteiger partial charge on any atom is 0.195 e. The van der Waals surface area contributed by atoms with Crippen LogP contribution in [0.25, 0.3) is 11.4 Å². The summed E-state index contributed by atoms with van der Waals surface area (Å²) in [5, 5.41) is 13.7. The zero-order valence-corrected chi connectivity index (χ0v) is 20.3. The number of aromatic nitrogens is 3. The van der Waals surface area contributed by atoms with Gasteiger partial charge in [0.1, 0.15) is 11.6 Å². The van der Waals surface area contributed by atoms with Crippen LogP contribution in [-0.2, 0) is 6.54 Å². The first-order chi connectivity index (χ1) is 14.7. The van der Waals surface area contributed by atoms with E-state index in [9.17, 15) is 0 Å². The third-order valence-electron chi connectivity index (χ3n) is 4.25. The van der Waals surface area contributed by atoms with E-state index in [2.05, 4.69) is 30.8 Å². The van der Waals surface area contributed by atoms with Gasteiger partial charge < -0.3 is 24.8 Å². The first-order valence-corrected chi connectivity index (χ1v) is 9.51. The number of aromatic amines is 1. The van der Waals surface area contributed by atoms with Crippen LogP contribution in [0, 0.1) is 0 Å². The Labute approximate surface area is 198 Å². The maximum absolute atomic E-state index is 5.62. The molecule has 0 fully saturated rings. The molecule has 0 aliphatic rings. The number of hydrogen-bond acceptors (Lipinski definition) is 6. The lowest BCUT2D eigenvalue weighted by atomic mass is 10.2. The van der Waals surface area contributed by atoms with Crippen molar-refractivity contribution < 1.29 is 14.2 Å². The minimum atomic E-state index is 0. The number of H-pyrrole nitrogens is 1. The number of hydrogen-bond donors (Lipinski definition) is 3. The van der Waals surface area contributed by atoms with Gasteiger partial charge in [-0.25, -0.2) is 4.98 Å². The van der Waals surface area contributed by atoms with E-state index in [0.717, 1.165) is 17.0 Å². The van der Waals surface area contributed by atoms with Crippen molar-refractivity contribution in [1.82, 2.24) is 20.5 Å². The molecule has 0 unspecified atom stereocenters. The minimum absolute atomic E-state index is 0. The largest absolute Gasteiger partial charge is 0.497 e. The molecule has 166 valence electrons. The molecule has 2 aromatic carbocycles. The monoisotopic (exact) mass is 538 g/mol. The number of rotatable bonds is 8. The van der Waals surface area contributed by atoms with Crippen LogP contribution < -0.4 is 24.8 Å². The maximum atomic E-state index is 5.62. The fraction of sp³-hybridized carbons (Fsp3) is 0.286. The molecular weight excluding hydrogens is 511 g/mol. The molecule has 9 nitrogen and oxygen atoms in total. The third kappa shape index (κ3) is 6.48. The molecule has 0 atom stereocenters. The fourth-order valence-electron chi connectivity index (χ4n) is 2.75. The van der Waals surface area contributed by atoms with E-state index < -0.39 is 0 Å². The van der Waals surface area contributed by atoms with E-state index in [1.165, 1.54) is 0 Å². The van der Waals surface area contributed by atoms with Crippen LogP contribution in [0.5, 0.6) is 17.2 Å². The molecule has 0 aliphatic carbocycles. The summed E-state index contributed by atoms with van der Waals surface area (Å²) >= 11 is 0. The summed E-state index contributed by atoms with van der Waals surface area (Å²) in [4.78, 5) is 8.77. The number of benzene rings is 2. The number of ether oxygens (including phenoxy) is 3. The minimum Gasteiger partial charge on any atom is -0.497 e. The van der Waals surface area contributed by atoms with Crippen LogP contribution in [0.4, 0.5) is 5.69 Å². The van der Waals surface area contributed by atoms with Crippen molar-refractivity contribution in [3.8, 4) is 28.6 Å². The molecule has 0 saturated heterocycles. The smallest absolute Gasteiger partial charge is 0.195 e. The lowest BCUT2D eigenvalue weighted by Gasteiger charge is -2.14. The summed E-state index contributed by atoms with van der Waals surface area (Å²) in [5.74, 6) is 4.03. The van der Waals surface area contributed by atoms with Gasteiger partial charge in [-0.1, -0.05) is 0 Å². The average molecular weight is 538 g/mol. The predicted molar refractivity (Wildman–Crippen MR) is 132 cm³/mol. The van der Waals surface area contributed by atoms with Crippen LogP contribution in [0.2, 0.25) is 0 Å². The normalized spacial score (nSPS) is 10.8. The molecule has 0 radical (unpaired) electrons. The molecule has 3 N–H and O–H groups in total. The Morgan fingerprint density at radius 1 is 1.06 bits per heavy atom.